The van der Waals surface area contributed by atoms with E-state index in [0.29, 0.717) is 12.6 Å². The molecule has 0 atom stereocenters. The van der Waals surface area contributed by atoms with Crippen molar-refractivity contribution in [2.24, 2.45) is 0 Å². The van der Waals surface area contributed by atoms with Crippen LogP contribution in [0.3, 0.4) is 0 Å². The summed E-state index contributed by atoms with van der Waals surface area (Å²) in [6.45, 7) is 4.49. The van der Waals surface area contributed by atoms with Crippen molar-refractivity contribution in [3.05, 3.63) is 35.4 Å². The molecule has 16 heavy (non-hydrogen) atoms. The summed E-state index contributed by atoms with van der Waals surface area (Å²) >= 11 is 0. The molecule has 1 aromatic carbocycles. The van der Waals surface area contributed by atoms with Gasteiger partial charge in [-0.05, 0) is 18.2 Å². The largest absolute Gasteiger partial charge is 0.314 e. The van der Waals surface area contributed by atoms with Crippen LogP contribution in [-0.4, -0.2) is 18.4 Å². The number of carbonyl (C=O) groups is 1. The smallest absolute Gasteiger partial charge is 0.164 e. The van der Waals surface area contributed by atoms with E-state index in [0.717, 1.165) is 12.1 Å². The van der Waals surface area contributed by atoms with Gasteiger partial charge in [0, 0.05) is 24.6 Å². The first kappa shape index (κ1) is 12.8. The molecule has 4 heteroatoms. The number of ketones is 1. The van der Waals surface area contributed by atoms with Gasteiger partial charge in [0.1, 0.15) is 0 Å². The molecule has 0 saturated heterocycles. The predicted octanol–water partition coefficient (Wildman–Crippen LogP) is 2.54. The Labute approximate surface area is 93.7 Å². The Morgan fingerprint density at radius 1 is 1.31 bits per heavy atom. The molecule has 0 bridgehead atoms. The molecule has 0 spiro atoms. The Bertz CT molecular complexity index is 377. The first-order valence-corrected chi connectivity index (χ1v) is 5.22. The SMILES string of the molecule is CC(C)NCCC(=O)c1ccc(F)c(F)c1. The Kier molecular flexibility index (Phi) is 4.55. The van der Waals surface area contributed by atoms with Gasteiger partial charge in [0.25, 0.3) is 0 Å². The molecular formula is C12H15F2NO. The lowest BCUT2D eigenvalue weighted by Gasteiger charge is -2.07. The van der Waals surface area contributed by atoms with Gasteiger partial charge in [0.2, 0.25) is 0 Å². The molecule has 0 aliphatic rings. The second-order valence-electron chi connectivity index (χ2n) is 3.91. The average molecular weight is 227 g/mol. The molecule has 1 aromatic rings. The Morgan fingerprint density at radius 3 is 2.56 bits per heavy atom. The number of carbonyl (C=O) groups excluding carboxylic acids is 1. The predicted molar refractivity (Wildman–Crippen MR) is 58.4 cm³/mol. The number of halogens is 2. The van der Waals surface area contributed by atoms with Gasteiger partial charge in [-0.1, -0.05) is 13.8 Å². The van der Waals surface area contributed by atoms with Crippen molar-refractivity contribution < 1.29 is 13.6 Å². The summed E-state index contributed by atoms with van der Waals surface area (Å²) in [5.74, 6) is -2.11. The maximum atomic E-state index is 12.8. The molecule has 88 valence electrons. The van der Waals surface area contributed by atoms with Gasteiger partial charge in [-0.25, -0.2) is 8.78 Å². The standard InChI is InChI=1S/C12H15F2NO/c1-8(2)15-6-5-12(16)9-3-4-10(13)11(14)7-9/h3-4,7-8,15H,5-6H2,1-2H3. The van der Waals surface area contributed by atoms with Crippen molar-refractivity contribution in [1.82, 2.24) is 5.32 Å². The number of Topliss-reactive ketones (excluding diaryl/α,β-unsaturated/α-hetero) is 1. The fourth-order valence-corrected chi connectivity index (χ4v) is 1.29. The van der Waals surface area contributed by atoms with E-state index in [1.807, 2.05) is 13.8 Å². The number of rotatable bonds is 5. The highest BCUT2D eigenvalue weighted by atomic mass is 19.2. The second-order valence-corrected chi connectivity index (χ2v) is 3.91. The minimum absolute atomic E-state index is 0.188. The van der Waals surface area contributed by atoms with Gasteiger partial charge in [-0.3, -0.25) is 4.79 Å². The van der Waals surface area contributed by atoms with E-state index in [4.69, 9.17) is 0 Å². The maximum absolute atomic E-state index is 12.8. The van der Waals surface area contributed by atoms with Crippen molar-refractivity contribution >= 4 is 5.78 Å². The zero-order chi connectivity index (χ0) is 12.1. The Balaban J connectivity index is 2.56. The van der Waals surface area contributed by atoms with Crippen molar-refractivity contribution in [3.8, 4) is 0 Å². The summed E-state index contributed by atoms with van der Waals surface area (Å²) in [4.78, 5) is 11.6. The van der Waals surface area contributed by atoms with Crippen LogP contribution < -0.4 is 5.32 Å². The molecule has 0 aromatic heterocycles. The van der Waals surface area contributed by atoms with Crippen LogP contribution in [-0.2, 0) is 0 Å². The lowest BCUT2D eigenvalue weighted by Crippen LogP contribution is -2.25. The number of benzene rings is 1. The minimum atomic E-state index is -0.984. The molecule has 0 aliphatic carbocycles. The highest BCUT2D eigenvalue weighted by Crippen LogP contribution is 2.10. The molecule has 0 saturated carbocycles. The van der Waals surface area contributed by atoms with Crippen LogP contribution in [0.1, 0.15) is 30.6 Å². The summed E-state index contributed by atoms with van der Waals surface area (Å²) in [7, 11) is 0. The molecule has 0 fully saturated rings. The van der Waals surface area contributed by atoms with Gasteiger partial charge in [-0.15, -0.1) is 0 Å². The first-order chi connectivity index (χ1) is 7.50. The maximum Gasteiger partial charge on any atom is 0.164 e. The molecule has 0 unspecified atom stereocenters. The van der Waals surface area contributed by atoms with Crippen molar-refractivity contribution in [3.63, 3.8) is 0 Å². The molecule has 1 rings (SSSR count). The van der Waals surface area contributed by atoms with Crippen molar-refractivity contribution in [2.45, 2.75) is 26.3 Å². The van der Waals surface area contributed by atoms with Gasteiger partial charge in [0.15, 0.2) is 17.4 Å². The number of nitrogens with one attached hydrogen (secondary N) is 1. The van der Waals surface area contributed by atoms with Gasteiger partial charge in [0.05, 0.1) is 0 Å². The van der Waals surface area contributed by atoms with Gasteiger partial charge in [-0.2, -0.15) is 0 Å². The van der Waals surface area contributed by atoms with Gasteiger partial charge < -0.3 is 5.32 Å². The quantitative estimate of drug-likeness (QED) is 0.783. The van der Waals surface area contributed by atoms with Crippen LogP contribution in [0.4, 0.5) is 8.78 Å². The third-order valence-electron chi connectivity index (χ3n) is 2.15. The molecule has 0 amide bonds. The number of hydrogen-bond acceptors (Lipinski definition) is 2. The zero-order valence-corrected chi connectivity index (χ0v) is 9.39. The van der Waals surface area contributed by atoms with Gasteiger partial charge >= 0.3 is 0 Å². The van der Waals surface area contributed by atoms with Crippen LogP contribution >= 0.6 is 0 Å². The third kappa shape index (κ3) is 3.70. The molecular weight excluding hydrogens is 212 g/mol. The number of hydrogen-bond donors (Lipinski definition) is 1. The third-order valence-corrected chi connectivity index (χ3v) is 2.15. The lowest BCUT2D eigenvalue weighted by atomic mass is 10.1. The Morgan fingerprint density at radius 2 is 2.00 bits per heavy atom. The minimum Gasteiger partial charge on any atom is -0.314 e. The van der Waals surface area contributed by atoms with E-state index in [1.54, 1.807) is 0 Å². The summed E-state index contributed by atoms with van der Waals surface area (Å²) in [5.41, 5.74) is 0.212. The van der Waals surface area contributed by atoms with E-state index in [2.05, 4.69) is 5.32 Å². The van der Waals surface area contributed by atoms with Crippen LogP contribution in [0.5, 0.6) is 0 Å². The summed E-state index contributed by atoms with van der Waals surface area (Å²) in [6, 6.07) is 3.51. The van der Waals surface area contributed by atoms with Crippen LogP contribution in [0, 0.1) is 11.6 Å². The fourth-order valence-electron chi connectivity index (χ4n) is 1.29. The van der Waals surface area contributed by atoms with Crippen LogP contribution in [0.2, 0.25) is 0 Å². The van der Waals surface area contributed by atoms with Crippen LogP contribution in [0.15, 0.2) is 18.2 Å². The summed E-state index contributed by atoms with van der Waals surface area (Å²) in [5, 5.41) is 3.08. The molecule has 0 aliphatic heterocycles. The van der Waals surface area contributed by atoms with E-state index in [-0.39, 0.29) is 17.8 Å². The fraction of sp³-hybridized carbons (Fsp3) is 0.417. The highest BCUT2D eigenvalue weighted by molar-refractivity contribution is 5.96. The van der Waals surface area contributed by atoms with E-state index >= 15 is 0 Å². The van der Waals surface area contributed by atoms with E-state index < -0.39 is 11.6 Å². The highest BCUT2D eigenvalue weighted by Gasteiger charge is 2.09. The topological polar surface area (TPSA) is 29.1 Å². The van der Waals surface area contributed by atoms with Crippen molar-refractivity contribution in [2.75, 3.05) is 6.54 Å². The molecule has 2 nitrogen and oxygen atoms in total. The average Bonchev–Trinajstić information content (AvgIpc) is 2.21. The molecule has 1 N–H and O–H groups in total. The first-order valence-electron chi connectivity index (χ1n) is 5.22. The molecule has 0 radical (unpaired) electrons. The zero-order valence-electron chi connectivity index (χ0n) is 9.39. The lowest BCUT2D eigenvalue weighted by molar-refractivity contribution is 0.0981. The van der Waals surface area contributed by atoms with E-state index in [9.17, 15) is 13.6 Å². The normalized spacial score (nSPS) is 10.8. The Hall–Kier alpha value is -1.29. The summed E-state index contributed by atoms with van der Waals surface area (Å²) < 4.78 is 25.5. The van der Waals surface area contributed by atoms with E-state index in [1.165, 1.54) is 6.07 Å². The monoisotopic (exact) mass is 227 g/mol. The van der Waals surface area contributed by atoms with Crippen LogP contribution in [0.25, 0.3) is 0 Å². The molecule has 0 heterocycles. The van der Waals surface area contributed by atoms with Crippen molar-refractivity contribution in [1.29, 1.82) is 0 Å². The second kappa shape index (κ2) is 5.70. The summed E-state index contributed by atoms with van der Waals surface area (Å²) in [6.07, 6.45) is 0.281.